The first kappa shape index (κ1) is 14.7. The number of hydrogen-bond donors (Lipinski definition) is 1. The van der Waals surface area contributed by atoms with Gasteiger partial charge in [0.05, 0.1) is 12.2 Å². The summed E-state index contributed by atoms with van der Waals surface area (Å²) in [6.07, 6.45) is 5.21. The molecule has 1 amide bonds. The second-order valence-electron chi connectivity index (χ2n) is 5.40. The summed E-state index contributed by atoms with van der Waals surface area (Å²) in [5.41, 5.74) is 0.749. The maximum atomic E-state index is 12.4. The van der Waals surface area contributed by atoms with Gasteiger partial charge in [-0.15, -0.1) is 0 Å². The molecule has 0 aliphatic heterocycles. The van der Waals surface area contributed by atoms with E-state index < -0.39 is 0 Å². The first-order chi connectivity index (χ1) is 9.59. The third-order valence-corrected chi connectivity index (χ3v) is 3.95. The Morgan fingerprint density at radius 3 is 2.60 bits per heavy atom. The molecule has 1 aromatic rings. The number of nitrogens with two attached hydrogens (primary N) is 1. The highest BCUT2D eigenvalue weighted by atomic mass is 16.2. The molecular formula is C15H21N3O2. The summed E-state index contributed by atoms with van der Waals surface area (Å²) in [4.78, 5) is 28.3. The number of amides is 1. The third-order valence-electron chi connectivity index (χ3n) is 3.95. The molecule has 1 unspecified atom stereocenters. The van der Waals surface area contributed by atoms with Gasteiger partial charge in [0.15, 0.2) is 0 Å². The lowest BCUT2D eigenvalue weighted by molar-refractivity contribution is -0.143. The Morgan fingerprint density at radius 1 is 1.30 bits per heavy atom. The molecule has 1 aromatic heterocycles. The average Bonchev–Trinajstić information content (AvgIpc) is 2.47. The molecule has 1 aliphatic carbocycles. The molecule has 1 aliphatic rings. The van der Waals surface area contributed by atoms with Gasteiger partial charge in [-0.3, -0.25) is 19.6 Å². The topological polar surface area (TPSA) is 76.3 Å². The van der Waals surface area contributed by atoms with Crippen molar-refractivity contribution in [1.82, 2.24) is 9.99 Å². The summed E-state index contributed by atoms with van der Waals surface area (Å²) in [5, 5.41) is 1.20. The van der Waals surface area contributed by atoms with Crippen LogP contribution >= 0.6 is 0 Å². The molecule has 0 saturated heterocycles. The molecule has 5 heteroatoms. The van der Waals surface area contributed by atoms with E-state index in [0.29, 0.717) is 0 Å². The first-order valence-electron chi connectivity index (χ1n) is 7.06. The Kier molecular flexibility index (Phi) is 4.84. The summed E-state index contributed by atoms with van der Waals surface area (Å²) in [6, 6.07) is 5.51. The largest absolute Gasteiger partial charge is 0.300 e. The highest BCUT2D eigenvalue weighted by Crippen LogP contribution is 2.31. The Bertz CT molecular complexity index is 475. The molecule has 1 fully saturated rings. The molecule has 2 N–H and O–H groups in total. The van der Waals surface area contributed by atoms with Crippen molar-refractivity contribution in [1.29, 1.82) is 0 Å². The van der Waals surface area contributed by atoms with Crippen molar-refractivity contribution < 1.29 is 9.59 Å². The van der Waals surface area contributed by atoms with Crippen LogP contribution in [0.3, 0.4) is 0 Å². The fraction of sp³-hybridized carbons (Fsp3) is 0.533. The van der Waals surface area contributed by atoms with Crippen LogP contribution in [0, 0.1) is 11.8 Å². The van der Waals surface area contributed by atoms with E-state index in [1.54, 1.807) is 13.1 Å². The highest BCUT2D eigenvalue weighted by molar-refractivity contribution is 5.87. The van der Waals surface area contributed by atoms with Crippen molar-refractivity contribution in [3.63, 3.8) is 0 Å². The third kappa shape index (κ3) is 3.42. The quantitative estimate of drug-likeness (QED) is 0.515. The van der Waals surface area contributed by atoms with Gasteiger partial charge >= 0.3 is 0 Å². The van der Waals surface area contributed by atoms with Crippen LogP contribution in [0.2, 0.25) is 0 Å². The number of hydrazine groups is 1. The molecule has 1 saturated carbocycles. The zero-order valence-electron chi connectivity index (χ0n) is 11.8. The lowest BCUT2D eigenvalue weighted by Gasteiger charge is -2.31. The van der Waals surface area contributed by atoms with Crippen LogP contribution in [0.5, 0.6) is 0 Å². The Balaban J connectivity index is 2.03. The Hall–Kier alpha value is -1.75. The van der Waals surface area contributed by atoms with Crippen molar-refractivity contribution in [2.45, 2.75) is 39.2 Å². The summed E-state index contributed by atoms with van der Waals surface area (Å²) < 4.78 is 0. The second kappa shape index (κ2) is 6.61. The SMILES string of the molecule is CC(=O)[C@@H]1CCCCC1C(=O)N(N)Cc1ccccn1. The number of pyridine rings is 1. The van der Waals surface area contributed by atoms with Crippen LogP contribution in [-0.4, -0.2) is 21.7 Å². The number of Topliss-reactive ketones (excluding diaryl/α,β-unsaturated/α-hetero) is 1. The zero-order chi connectivity index (χ0) is 14.5. The smallest absolute Gasteiger partial charge is 0.240 e. The van der Waals surface area contributed by atoms with Gasteiger partial charge in [-0.25, -0.2) is 5.84 Å². The molecule has 1 heterocycles. The number of ketones is 1. The van der Waals surface area contributed by atoms with E-state index in [2.05, 4.69) is 4.98 Å². The molecule has 0 radical (unpaired) electrons. The summed E-state index contributed by atoms with van der Waals surface area (Å²) in [7, 11) is 0. The fourth-order valence-corrected chi connectivity index (χ4v) is 2.87. The van der Waals surface area contributed by atoms with Crippen LogP contribution < -0.4 is 5.84 Å². The van der Waals surface area contributed by atoms with Gasteiger partial charge in [-0.1, -0.05) is 18.9 Å². The van der Waals surface area contributed by atoms with Gasteiger partial charge in [-0.2, -0.15) is 0 Å². The molecule has 108 valence electrons. The van der Waals surface area contributed by atoms with Gasteiger partial charge < -0.3 is 0 Å². The van der Waals surface area contributed by atoms with Crippen LogP contribution in [0.25, 0.3) is 0 Å². The molecule has 0 spiro atoms. The van der Waals surface area contributed by atoms with Crippen LogP contribution in [0.15, 0.2) is 24.4 Å². The second-order valence-corrected chi connectivity index (χ2v) is 5.40. The number of aromatic nitrogens is 1. The van der Waals surface area contributed by atoms with Gasteiger partial charge in [-0.05, 0) is 31.9 Å². The van der Waals surface area contributed by atoms with Gasteiger partial charge in [0.1, 0.15) is 5.78 Å². The standard InChI is InChI=1S/C15H21N3O2/c1-11(19)13-7-2-3-8-14(13)15(20)18(16)10-12-6-4-5-9-17-12/h4-6,9,13-14H,2-3,7-8,10,16H2,1H3/t13-,14?/m0/s1. The minimum absolute atomic E-state index is 0.0919. The van der Waals surface area contributed by atoms with E-state index in [-0.39, 0.29) is 30.1 Å². The number of nitrogens with zero attached hydrogens (tertiary/aromatic N) is 2. The number of carbonyl (C=O) groups is 2. The maximum absolute atomic E-state index is 12.4. The molecule has 0 aromatic carbocycles. The predicted molar refractivity (Wildman–Crippen MR) is 75.1 cm³/mol. The van der Waals surface area contributed by atoms with E-state index in [1.165, 1.54) is 5.01 Å². The summed E-state index contributed by atoms with van der Waals surface area (Å²) in [5.74, 6) is 5.38. The van der Waals surface area contributed by atoms with E-state index in [4.69, 9.17) is 5.84 Å². The predicted octanol–water partition coefficient (Wildman–Crippen LogP) is 1.68. The van der Waals surface area contributed by atoms with Crippen molar-refractivity contribution >= 4 is 11.7 Å². The molecule has 0 bridgehead atoms. The van der Waals surface area contributed by atoms with Gasteiger partial charge in [0.2, 0.25) is 5.91 Å². The molecule has 20 heavy (non-hydrogen) atoms. The monoisotopic (exact) mass is 275 g/mol. The zero-order valence-corrected chi connectivity index (χ0v) is 11.8. The maximum Gasteiger partial charge on any atom is 0.240 e. The average molecular weight is 275 g/mol. The molecule has 5 nitrogen and oxygen atoms in total. The van der Waals surface area contributed by atoms with Gasteiger partial charge in [0.25, 0.3) is 0 Å². The van der Waals surface area contributed by atoms with Crippen molar-refractivity contribution in [3.05, 3.63) is 30.1 Å². The minimum Gasteiger partial charge on any atom is -0.300 e. The molecule has 2 rings (SSSR count). The summed E-state index contributed by atoms with van der Waals surface area (Å²) in [6.45, 7) is 1.84. The minimum atomic E-state index is -0.269. The lowest BCUT2D eigenvalue weighted by Crippen LogP contribution is -2.45. The van der Waals surface area contributed by atoms with Crippen molar-refractivity contribution in [3.8, 4) is 0 Å². The van der Waals surface area contributed by atoms with E-state index in [1.807, 2.05) is 18.2 Å². The molecule has 2 atom stereocenters. The summed E-state index contributed by atoms with van der Waals surface area (Å²) >= 11 is 0. The molecular weight excluding hydrogens is 254 g/mol. The van der Waals surface area contributed by atoms with E-state index >= 15 is 0 Å². The van der Waals surface area contributed by atoms with Crippen LogP contribution in [0.4, 0.5) is 0 Å². The van der Waals surface area contributed by atoms with Crippen LogP contribution in [-0.2, 0) is 16.1 Å². The fourth-order valence-electron chi connectivity index (χ4n) is 2.87. The Morgan fingerprint density at radius 2 is 2.00 bits per heavy atom. The van der Waals surface area contributed by atoms with Crippen molar-refractivity contribution in [2.75, 3.05) is 0 Å². The number of rotatable bonds is 4. The van der Waals surface area contributed by atoms with E-state index in [9.17, 15) is 9.59 Å². The lowest BCUT2D eigenvalue weighted by atomic mass is 9.76. The van der Waals surface area contributed by atoms with Gasteiger partial charge in [0, 0.05) is 18.0 Å². The van der Waals surface area contributed by atoms with Crippen molar-refractivity contribution in [2.24, 2.45) is 17.7 Å². The number of carbonyl (C=O) groups excluding carboxylic acids is 2. The van der Waals surface area contributed by atoms with E-state index in [0.717, 1.165) is 31.4 Å². The first-order valence-corrected chi connectivity index (χ1v) is 7.06. The van der Waals surface area contributed by atoms with Crippen LogP contribution in [0.1, 0.15) is 38.3 Å². The number of hydrogen-bond acceptors (Lipinski definition) is 4. The Labute approximate surface area is 119 Å². The normalized spacial score (nSPS) is 22.3. The highest BCUT2D eigenvalue weighted by Gasteiger charge is 2.35.